The Kier molecular flexibility index (Phi) is 5.12. The smallest absolute Gasteiger partial charge is 0.337 e. The third-order valence-corrected chi connectivity index (χ3v) is 4.43. The fourth-order valence-corrected chi connectivity index (χ4v) is 2.71. The van der Waals surface area contributed by atoms with Gasteiger partial charge in [-0.2, -0.15) is 8.42 Å². The van der Waals surface area contributed by atoms with E-state index < -0.39 is 28.5 Å². The third-order valence-electron chi connectivity index (χ3n) is 3.15. The first kappa shape index (κ1) is 17.1. The molecule has 0 aliphatic heterocycles. The number of ether oxygens (including phenoxy) is 1. The van der Waals surface area contributed by atoms with Gasteiger partial charge in [-0.25, -0.2) is 9.18 Å². The van der Waals surface area contributed by atoms with Crippen LogP contribution in [0.5, 0.6) is 0 Å². The van der Waals surface area contributed by atoms with Crippen molar-refractivity contribution in [1.29, 1.82) is 0 Å². The lowest BCUT2D eigenvalue weighted by atomic mass is 10.1. The predicted octanol–water partition coefficient (Wildman–Crippen LogP) is 2.83. The molecule has 2 aromatic carbocycles. The van der Waals surface area contributed by atoms with Gasteiger partial charge in [0.2, 0.25) is 0 Å². The van der Waals surface area contributed by atoms with Gasteiger partial charge in [-0.1, -0.05) is 23.8 Å². The van der Waals surface area contributed by atoms with Crippen molar-refractivity contribution in [2.75, 3.05) is 7.11 Å². The van der Waals surface area contributed by atoms with Crippen molar-refractivity contribution in [2.45, 2.75) is 18.4 Å². The zero-order chi connectivity index (χ0) is 17.0. The summed E-state index contributed by atoms with van der Waals surface area (Å²) < 4.78 is 47.3. The highest BCUT2D eigenvalue weighted by Gasteiger charge is 2.17. The number of rotatable bonds is 5. The highest BCUT2D eigenvalue weighted by atomic mass is 32.2. The number of esters is 1. The van der Waals surface area contributed by atoms with E-state index in [-0.39, 0.29) is 16.0 Å². The Labute approximate surface area is 133 Å². The second-order valence-corrected chi connectivity index (χ2v) is 6.44. The van der Waals surface area contributed by atoms with Crippen molar-refractivity contribution in [3.63, 3.8) is 0 Å². The lowest BCUT2D eigenvalue weighted by Gasteiger charge is -2.08. The Morgan fingerprint density at radius 3 is 2.35 bits per heavy atom. The molecule has 0 aliphatic rings. The van der Waals surface area contributed by atoms with E-state index in [4.69, 9.17) is 4.18 Å². The van der Waals surface area contributed by atoms with Crippen LogP contribution in [0, 0.1) is 12.7 Å². The summed E-state index contributed by atoms with van der Waals surface area (Å²) in [5, 5.41) is 0. The first-order valence-corrected chi connectivity index (χ1v) is 8.07. The van der Waals surface area contributed by atoms with E-state index in [1.165, 1.54) is 31.4 Å². The van der Waals surface area contributed by atoms with E-state index >= 15 is 0 Å². The van der Waals surface area contributed by atoms with Gasteiger partial charge in [0.15, 0.2) is 0 Å². The molecule has 122 valence electrons. The zero-order valence-electron chi connectivity index (χ0n) is 12.6. The van der Waals surface area contributed by atoms with E-state index in [1.807, 2.05) is 6.92 Å². The molecule has 0 saturated carbocycles. The van der Waals surface area contributed by atoms with E-state index in [1.54, 1.807) is 12.1 Å². The number of benzene rings is 2. The van der Waals surface area contributed by atoms with Crippen LogP contribution >= 0.6 is 0 Å². The minimum atomic E-state index is -3.98. The number of carbonyl (C=O) groups is 1. The first-order chi connectivity index (χ1) is 10.8. The molecule has 0 unspecified atom stereocenters. The summed E-state index contributed by atoms with van der Waals surface area (Å²) in [4.78, 5) is 11.3. The molecule has 0 amide bonds. The number of methoxy groups -OCH3 is 1. The standard InChI is InChI=1S/C16H15FO5S/c1-11-3-7-14(8-4-11)23(19,20)22-10-13-6-5-12(9-15(13)17)16(18)21-2/h3-9H,10H2,1-2H3. The van der Waals surface area contributed by atoms with Crippen LogP contribution in [-0.4, -0.2) is 21.5 Å². The van der Waals surface area contributed by atoms with Crippen LogP contribution in [0.2, 0.25) is 0 Å². The van der Waals surface area contributed by atoms with Crippen molar-refractivity contribution in [2.24, 2.45) is 0 Å². The largest absolute Gasteiger partial charge is 0.465 e. The van der Waals surface area contributed by atoms with Crippen LogP contribution in [-0.2, 0) is 25.6 Å². The summed E-state index contributed by atoms with van der Waals surface area (Å²) in [5.74, 6) is -1.42. The van der Waals surface area contributed by atoms with Gasteiger partial charge in [0.05, 0.1) is 24.2 Å². The maximum atomic E-state index is 13.9. The van der Waals surface area contributed by atoms with Crippen molar-refractivity contribution < 1.29 is 26.5 Å². The second-order valence-electron chi connectivity index (χ2n) is 4.83. The minimum absolute atomic E-state index is 0.00492. The number of aryl methyl sites for hydroxylation is 1. The Bertz CT molecular complexity index is 813. The van der Waals surface area contributed by atoms with E-state index in [0.29, 0.717) is 0 Å². The summed E-state index contributed by atoms with van der Waals surface area (Å²) in [5.41, 5.74) is 0.969. The normalized spacial score (nSPS) is 11.3. The molecule has 23 heavy (non-hydrogen) atoms. The third kappa shape index (κ3) is 4.14. The maximum Gasteiger partial charge on any atom is 0.337 e. The molecule has 0 N–H and O–H groups in total. The molecule has 0 saturated heterocycles. The van der Waals surface area contributed by atoms with Crippen LogP contribution in [0.4, 0.5) is 4.39 Å². The molecular formula is C16H15FO5S. The molecule has 0 atom stereocenters. The van der Waals surface area contributed by atoms with Crippen LogP contribution in [0.25, 0.3) is 0 Å². The lowest BCUT2D eigenvalue weighted by Crippen LogP contribution is -2.08. The fraction of sp³-hybridized carbons (Fsp3) is 0.188. The summed E-state index contributed by atoms with van der Waals surface area (Å²) in [6.07, 6.45) is 0. The van der Waals surface area contributed by atoms with Gasteiger partial charge in [0.1, 0.15) is 5.82 Å². The average Bonchev–Trinajstić information content (AvgIpc) is 2.53. The molecule has 0 spiro atoms. The molecule has 7 heteroatoms. The molecule has 5 nitrogen and oxygen atoms in total. The first-order valence-electron chi connectivity index (χ1n) is 6.66. The summed E-state index contributed by atoms with van der Waals surface area (Å²) in [6, 6.07) is 9.72. The number of hydrogen-bond acceptors (Lipinski definition) is 5. The molecule has 0 bridgehead atoms. The molecule has 0 heterocycles. The number of carbonyl (C=O) groups excluding carboxylic acids is 1. The van der Waals surface area contributed by atoms with Crippen molar-refractivity contribution >= 4 is 16.1 Å². The molecule has 0 radical (unpaired) electrons. The van der Waals surface area contributed by atoms with Gasteiger partial charge < -0.3 is 4.74 Å². The topological polar surface area (TPSA) is 69.7 Å². The van der Waals surface area contributed by atoms with Gasteiger partial charge >= 0.3 is 5.97 Å². The molecule has 0 fully saturated rings. The van der Waals surface area contributed by atoms with Crippen LogP contribution in [0.1, 0.15) is 21.5 Å². The number of halogens is 1. The molecule has 0 aliphatic carbocycles. The minimum Gasteiger partial charge on any atom is -0.465 e. The van der Waals surface area contributed by atoms with Gasteiger partial charge in [-0.3, -0.25) is 4.18 Å². The van der Waals surface area contributed by atoms with Crippen LogP contribution in [0.15, 0.2) is 47.4 Å². The number of hydrogen-bond donors (Lipinski definition) is 0. The van der Waals surface area contributed by atoms with Crippen LogP contribution in [0.3, 0.4) is 0 Å². The van der Waals surface area contributed by atoms with E-state index in [9.17, 15) is 17.6 Å². The summed E-state index contributed by atoms with van der Waals surface area (Å²) >= 11 is 0. The zero-order valence-corrected chi connectivity index (χ0v) is 13.4. The molecule has 2 rings (SSSR count). The SMILES string of the molecule is COC(=O)c1ccc(COS(=O)(=O)c2ccc(C)cc2)c(F)c1. The maximum absolute atomic E-state index is 13.9. The molecule has 0 aromatic heterocycles. The van der Waals surface area contributed by atoms with Gasteiger partial charge in [0.25, 0.3) is 10.1 Å². The molecular weight excluding hydrogens is 323 g/mol. The Morgan fingerprint density at radius 1 is 1.13 bits per heavy atom. The molecule has 2 aromatic rings. The van der Waals surface area contributed by atoms with Gasteiger partial charge in [-0.15, -0.1) is 0 Å². The highest BCUT2D eigenvalue weighted by Crippen LogP contribution is 2.18. The lowest BCUT2D eigenvalue weighted by molar-refractivity contribution is 0.0600. The monoisotopic (exact) mass is 338 g/mol. The predicted molar refractivity (Wildman–Crippen MR) is 80.9 cm³/mol. The van der Waals surface area contributed by atoms with Gasteiger partial charge in [0, 0.05) is 5.56 Å². The second kappa shape index (κ2) is 6.89. The summed E-state index contributed by atoms with van der Waals surface area (Å²) in [6.45, 7) is 1.36. The van der Waals surface area contributed by atoms with Gasteiger partial charge in [-0.05, 0) is 31.2 Å². The Balaban J connectivity index is 2.14. The quantitative estimate of drug-likeness (QED) is 0.619. The Morgan fingerprint density at radius 2 is 1.78 bits per heavy atom. The van der Waals surface area contributed by atoms with Crippen molar-refractivity contribution in [3.05, 3.63) is 65.0 Å². The Hall–Kier alpha value is -2.25. The van der Waals surface area contributed by atoms with Crippen molar-refractivity contribution in [1.82, 2.24) is 0 Å². The fourth-order valence-electron chi connectivity index (χ4n) is 1.82. The van der Waals surface area contributed by atoms with E-state index in [2.05, 4.69) is 4.74 Å². The van der Waals surface area contributed by atoms with Crippen LogP contribution < -0.4 is 0 Å². The highest BCUT2D eigenvalue weighted by molar-refractivity contribution is 7.86. The van der Waals surface area contributed by atoms with Crippen molar-refractivity contribution in [3.8, 4) is 0 Å². The summed E-state index contributed by atoms with van der Waals surface area (Å²) in [7, 11) is -2.80. The van der Waals surface area contributed by atoms with E-state index in [0.717, 1.165) is 11.6 Å². The average molecular weight is 338 g/mol.